The van der Waals surface area contributed by atoms with Gasteiger partial charge >= 0.3 is 0 Å². The molecule has 0 unspecified atom stereocenters. The molecule has 26 heavy (non-hydrogen) atoms. The van der Waals surface area contributed by atoms with E-state index in [0.29, 0.717) is 30.2 Å². The predicted molar refractivity (Wildman–Crippen MR) is 113 cm³/mol. The largest absolute Gasteiger partial charge is 0.370 e. The highest BCUT2D eigenvalue weighted by molar-refractivity contribution is 14.0. The Labute approximate surface area is 171 Å². The van der Waals surface area contributed by atoms with E-state index in [0.717, 1.165) is 25.9 Å². The Balaban J connectivity index is 0.00000243. The third kappa shape index (κ3) is 4.75. The second-order valence-electron chi connectivity index (χ2n) is 6.66. The van der Waals surface area contributed by atoms with E-state index >= 15 is 0 Å². The summed E-state index contributed by atoms with van der Waals surface area (Å²) in [6.45, 7) is 3.05. The molecular formula is C19H27IN4O2. The van der Waals surface area contributed by atoms with E-state index in [-0.39, 0.29) is 35.8 Å². The molecule has 2 N–H and O–H groups in total. The van der Waals surface area contributed by atoms with Gasteiger partial charge < -0.3 is 10.6 Å². The molecule has 1 aromatic rings. The van der Waals surface area contributed by atoms with Gasteiger partial charge in [-0.2, -0.15) is 0 Å². The average molecular weight is 470 g/mol. The smallest absolute Gasteiger partial charge is 0.261 e. The molecule has 0 aliphatic carbocycles. The Morgan fingerprint density at radius 1 is 0.962 bits per heavy atom. The van der Waals surface area contributed by atoms with E-state index in [1.807, 2.05) is 0 Å². The number of benzene rings is 1. The Bertz CT molecular complexity index is 634. The number of carbonyl (C=O) groups excluding carboxylic acids is 2. The van der Waals surface area contributed by atoms with E-state index in [4.69, 9.17) is 5.73 Å². The summed E-state index contributed by atoms with van der Waals surface area (Å²) >= 11 is 0. The van der Waals surface area contributed by atoms with Crippen molar-refractivity contribution in [1.29, 1.82) is 0 Å². The monoisotopic (exact) mass is 470 g/mol. The standard InChI is InChI=1S/C19H26N4O2.HI/c20-19(22-12-6-1-2-7-13-22)21-11-5-8-14-23-17(24)15-9-3-4-10-16(15)18(23)25;/h3-4,9-10H,1-2,5-8,11-14H2,(H2,20,21);1H. The number of aliphatic imine (C=N–C) groups is 1. The fourth-order valence-corrected chi connectivity index (χ4v) is 3.42. The van der Waals surface area contributed by atoms with Gasteiger partial charge in [0.1, 0.15) is 0 Å². The number of amides is 2. The predicted octanol–water partition coefficient (Wildman–Crippen LogP) is 2.87. The topological polar surface area (TPSA) is 79.0 Å². The molecule has 0 aromatic heterocycles. The molecule has 0 spiro atoms. The van der Waals surface area contributed by atoms with Gasteiger partial charge in [0.15, 0.2) is 5.96 Å². The van der Waals surface area contributed by atoms with Crippen LogP contribution >= 0.6 is 24.0 Å². The average Bonchev–Trinajstić information content (AvgIpc) is 2.83. The van der Waals surface area contributed by atoms with Gasteiger partial charge in [-0.05, 0) is 37.8 Å². The van der Waals surface area contributed by atoms with Crippen LogP contribution in [0.1, 0.15) is 59.2 Å². The number of imide groups is 1. The Morgan fingerprint density at radius 3 is 2.12 bits per heavy atom. The van der Waals surface area contributed by atoms with Gasteiger partial charge in [0, 0.05) is 26.2 Å². The zero-order valence-corrected chi connectivity index (χ0v) is 17.4. The third-order valence-electron chi connectivity index (χ3n) is 4.87. The first-order chi connectivity index (χ1) is 12.2. The Hall–Kier alpha value is -1.64. The first kappa shape index (κ1) is 20.7. The fourth-order valence-electron chi connectivity index (χ4n) is 3.42. The van der Waals surface area contributed by atoms with Crippen molar-refractivity contribution in [2.45, 2.75) is 38.5 Å². The normalized spacial score (nSPS) is 17.8. The molecule has 2 amide bonds. The van der Waals surface area contributed by atoms with Crippen LogP contribution in [0.4, 0.5) is 0 Å². The SMILES string of the molecule is I.NC(=NCCCCN1C(=O)c2ccccc2C1=O)N1CCCCCC1. The van der Waals surface area contributed by atoms with Gasteiger partial charge in [0.05, 0.1) is 11.1 Å². The van der Waals surface area contributed by atoms with Crippen molar-refractivity contribution < 1.29 is 9.59 Å². The Morgan fingerprint density at radius 2 is 1.54 bits per heavy atom. The zero-order chi connectivity index (χ0) is 17.6. The maximum atomic E-state index is 12.3. The molecular weight excluding hydrogens is 443 g/mol. The number of likely N-dealkylation sites (tertiary alicyclic amines) is 1. The lowest BCUT2D eigenvalue weighted by atomic mass is 10.1. The molecule has 2 aliphatic rings. The maximum Gasteiger partial charge on any atom is 0.261 e. The molecule has 3 rings (SSSR count). The van der Waals surface area contributed by atoms with Gasteiger partial charge in [-0.1, -0.05) is 25.0 Å². The molecule has 0 radical (unpaired) electrons. The molecule has 1 saturated heterocycles. The minimum absolute atomic E-state index is 0. The fraction of sp³-hybridized carbons (Fsp3) is 0.526. The van der Waals surface area contributed by atoms with Gasteiger partial charge in [-0.3, -0.25) is 19.5 Å². The molecule has 0 atom stereocenters. The number of guanidine groups is 1. The summed E-state index contributed by atoms with van der Waals surface area (Å²) in [7, 11) is 0. The molecule has 6 nitrogen and oxygen atoms in total. The minimum Gasteiger partial charge on any atom is -0.370 e. The van der Waals surface area contributed by atoms with Crippen molar-refractivity contribution >= 4 is 41.8 Å². The van der Waals surface area contributed by atoms with Crippen molar-refractivity contribution in [1.82, 2.24) is 9.80 Å². The van der Waals surface area contributed by atoms with Crippen LogP contribution in [0.2, 0.25) is 0 Å². The quantitative estimate of drug-likeness (QED) is 0.236. The molecule has 0 bridgehead atoms. The minimum atomic E-state index is -0.187. The molecule has 142 valence electrons. The molecule has 2 aliphatic heterocycles. The number of unbranched alkanes of at least 4 members (excludes halogenated alkanes) is 1. The summed E-state index contributed by atoms with van der Waals surface area (Å²) in [4.78, 5) is 32.5. The van der Waals surface area contributed by atoms with Crippen LogP contribution in [0.25, 0.3) is 0 Å². The van der Waals surface area contributed by atoms with Crippen LogP contribution in [0.3, 0.4) is 0 Å². The van der Waals surface area contributed by atoms with E-state index < -0.39 is 0 Å². The van der Waals surface area contributed by atoms with Crippen LogP contribution in [0, 0.1) is 0 Å². The molecule has 2 heterocycles. The van der Waals surface area contributed by atoms with Gasteiger partial charge in [0.25, 0.3) is 11.8 Å². The van der Waals surface area contributed by atoms with Crippen LogP contribution in [0.15, 0.2) is 29.3 Å². The zero-order valence-electron chi connectivity index (χ0n) is 15.0. The summed E-state index contributed by atoms with van der Waals surface area (Å²) in [5, 5.41) is 0. The number of fused-ring (bicyclic) bond motifs is 1. The second kappa shape index (κ2) is 9.89. The summed E-state index contributed by atoms with van der Waals surface area (Å²) < 4.78 is 0. The Kier molecular flexibility index (Phi) is 7.86. The van der Waals surface area contributed by atoms with Gasteiger partial charge in [-0.25, -0.2) is 0 Å². The highest BCUT2D eigenvalue weighted by atomic mass is 127. The number of nitrogens with zero attached hydrogens (tertiary/aromatic N) is 3. The highest BCUT2D eigenvalue weighted by Gasteiger charge is 2.34. The van der Waals surface area contributed by atoms with Crippen molar-refractivity contribution in [2.24, 2.45) is 10.7 Å². The van der Waals surface area contributed by atoms with E-state index in [1.54, 1.807) is 24.3 Å². The number of rotatable bonds is 5. The summed E-state index contributed by atoms with van der Waals surface area (Å²) in [5.74, 6) is 0.254. The summed E-state index contributed by atoms with van der Waals surface area (Å²) in [5.41, 5.74) is 7.10. The lowest BCUT2D eigenvalue weighted by molar-refractivity contribution is 0.0652. The number of hydrogen-bond donors (Lipinski definition) is 1. The maximum absolute atomic E-state index is 12.3. The van der Waals surface area contributed by atoms with Crippen LogP contribution in [-0.4, -0.2) is 53.8 Å². The number of halogens is 1. The molecule has 0 saturated carbocycles. The van der Waals surface area contributed by atoms with E-state index in [2.05, 4.69) is 9.89 Å². The number of carbonyl (C=O) groups is 2. The van der Waals surface area contributed by atoms with E-state index in [9.17, 15) is 9.59 Å². The van der Waals surface area contributed by atoms with Crippen molar-refractivity contribution in [2.75, 3.05) is 26.2 Å². The van der Waals surface area contributed by atoms with Crippen LogP contribution < -0.4 is 5.73 Å². The van der Waals surface area contributed by atoms with E-state index in [1.165, 1.54) is 30.6 Å². The lowest BCUT2D eigenvalue weighted by Gasteiger charge is -2.21. The third-order valence-corrected chi connectivity index (χ3v) is 4.87. The summed E-state index contributed by atoms with van der Waals surface area (Å²) in [6.07, 6.45) is 6.43. The van der Waals surface area contributed by atoms with Gasteiger partial charge in [-0.15, -0.1) is 24.0 Å². The second-order valence-corrected chi connectivity index (χ2v) is 6.66. The number of nitrogens with two attached hydrogens (primary N) is 1. The lowest BCUT2D eigenvalue weighted by Crippen LogP contribution is -2.38. The molecule has 1 fully saturated rings. The number of hydrogen-bond acceptors (Lipinski definition) is 3. The van der Waals surface area contributed by atoms with Crippen LogP contribution in [0.5, 0.6) is 0 Å². The molecule has 1 aromatic carbocycles. The first-order valence-corrected chi connectivity index (χ1v) is 9.18. The first-order valence-electron chi connectivity index (χ1n) is 9.18. The highest BCUT2D eigenvalue weighted by Crippen LogP contribution is 2.22. The molecule has 7 heteroatoms. The van der Waals surface area contributed by atoms with Crippen LogP contribution in [-0.2, 0) is 0 Å². The van der Waals surface area contributed by atoms with Gasteiger partial charge in [0.2, 0.25) is 0 Å². The summed E-state index contributed by atoms with van der Waals surface area (Å²) in [6, 6.07) is 6.99. The van der Waals surface area contributed by atoms with Crippen molar-refractivity contribution in [3.05, 3.63) is 35.4 Å². The van der Waals surface area contributed by atoms with Crippen molar-refractivity contribution in [3.63, 3.8) is 0 Å². The van der Waals surface area contributed by atoms with Crippen molar-refractivity contribution in [3.8, 4) is 0 Å².